The monoisotopic (exact) mass is 343 g/mol. The van der Waals surface area contributed by atoms with E-state index in [1.54, 1.807) is 6.07 Å². The fraction of sp³-hybridized carbons (Fsp3) is 0.154. The van der Waals surface area contributed by atoms with Gasteiger partial charge in [0.2, 0.25) is 0 Å². The summed E-state index contributed by atoms with van der Waals surface area (Å²) in [6, 6.07) is 8.15. The maximum Gasteiger partial charge on any atom is 0.308 e. The summed E-state index contributed by atoms with van der Waals surface area (Å²) in [5, 5.41) is 11.9. The highest BCUT2D eigenvalue weighted by atomic mass is 79.9. The average Bonchev–Trinajstić information content (AvgIpc) is 2.74. The largest absolute Gasteiger partial charge is 0.481 e. The van der Waals surface area contributed by atoms with E-state index in [2.05, 4.69) is 21.2 Å². The van der Waals surface area contributed by atoms with Gasteiger partial charge in [0.1, 0.15) is 5.82 Å². The molecule has 2 aromatic rings. The molecular weight excluding hydrogens is 333 g/mol. The first kappa shape index (κ1) is 14.0. The van der Waals surface area contributed by atoms with Crippen LogP contribution in [0, 0.1) is 5.82 Å². The summed E-state index contributed by atoms with van der Waals surface area (Å²) in [5.74, 6) is -1.13. The van der Waals surface area contributed by atoms with Crippen molar-refractivity contribution < 1.29 is 14.3 Å². The molecule has 0 saturated carbocycles. The number of thiophene rings is 1. The second kappa shape index (κ2) is 6.16. The van der Waals surface area contributed by atoms with Crippen molar-refractivity contribution in [3.63, 3.8) is 0 Å². The second-order valence-corrected chi connectivity index (χ2v) is 6.02. The van der Waals surface area contributed by atoms with Gasteiger partial charge in [0.15, 0.2) is 0 Å². The molecule has 3 nitrogen and oxygen atoms in total. The number of carbonyl (C=O) groups is 1. The summed E-state index contributed by atoms with van der Waals surface area (Å²) in [4.78, 5) is 12.4. The maximum absolute atomic E-state index is 12.9. The Morgan fingerprint density at radius 1 is 1.32 bits per heavy atom. The summed E-state index contributed by atoms with van der Waals surface area (Å²) < 4.78 is 13.6. The Labute approximate surface area is 122 Å². The Kier molecular flexibility index (Phi) is 4.55. The average molecular weight is 344 g/mol. The third-order valence-electron chi connectivity index (χ3n) is 2.43. The van der Waals surface area contributed by atoms with Crippen molar-refractivity contribution in [1.82, 2.24) is 0 Å². The number of hydrogen-bond acceptors (Lipinski definition) is 3. The third-order valence-corrected chi connectivity index (χ3v) is 4.17. The number of halogens is 2. The normalized spacial score (nSPS) is 10.4. The molecule has 0 aliphatic carbocycles. The van der Waals surface area contributed by atoms with Crippen LogP contribution in [0.1, 0.15) is 9.75 Å². The van der Waals surface area contributed by atoms with Crippen molar-refractivity contribution in [3.8, 4) is 0 Å². The highest BCUT2D eigenvalue weighted by molar-refractivity contribution is 9.10. The van der Waals surface area contributed by atoms with Crippen LogP contribution < -0.4 is 5.32 Å². The standard InChI is InChI=1S/C13H11BrFNO2S/c14-11-5-8(15)1-4-12(11)16-7-10-3-2-9(19-10)6-13(17)18/h1-5,16H,6-7H2,(H,17,18). The summed E-state index contributed by atoms with van der Waals surface area (Å²) in [6.07, 6.45) is 0.0465. The molecule has 0 aliphatic rings. The molecular formula is C13H11BrFNO2S. The topological polar surface area (TPSA) is 49.3 Å². The lowest BCUT2D eigenvalue weighted by Gasteiger charge is -2.07. The molecule has 0 spiro atoms. The van der Waals surface area contributed by atoms with Crippen LogP contribution in [0.4, 0.5) is 10.1 Å². The third kappa shape index (κ3) is 4.04. The van der Waals surface area contributed by atoms with Crippen molar-refractivity contribution >= 4 is 38.9 Å². The van der Waals surface area contributed by atoms with Crippen LogP contribution in [0.5, 0.6) is 0 Å². The zero-order chi connectivity index (χ0) is 13.8. The van der Waals surface area contributed by atoms with Gasteiger partial charge in [0.05, 0.1) is 6.42 Å². The number of carboxylic acids is 1. The lowest BCUT2D eigenvalue weighted by atomic mass is 10.3. The first-order valence-electron chi connectivity index (χ1n) is 5.53. The molecule has 19 heavy (non-hydrogen) atoms. The lowest BCUT2D eigenvalue weighted by Crippen LogP contribution is -1.98. The van der Waals surface area contributed by atoms with Gasteiger partial charge in [0.25, 0.3) is 0 Å². The molecule has 0 unspecified atom stereocenters. The van der Waals surface area contributed by atoms with E-state index in [4.69, 9.17) is 5.11 Å². The first-order valence-corrected chi connectivity index (χ1v) is 7.14. The van der Waals surface area contributed by atoms with E-state index >= 15 is 0 Å². The zero-order valence-electron chi connectivity index (χ0n) is 9.82. The minimum atomic E-state index is -0.831. The summed E-state index contributed by atoms with van der Waals surface area (Å²) in [6.45, 7) is 0.578. The van der Waals surface area contributed by atoms with Crippen LogP contribution in [-0.2, 0) is 17.8 Å². The molecule has 100 valence electrons. The van der Waals surface area contributed by atoms with Crippen molar-refractivity contribution in [2.45, 2.75) is 13.0 Å². The van der Waals surface area contributed by atoms with E-state index in [1.165, 1.54) is 23.5 Å². The highest BCUT2D eigenvalue weighted by Gasteiger charge is 2.06. The Morgan fingerprint density at radius 3 is 2.74 bits per heavy atom. The van der Waals surface area contributed by atoms with Gasteiger partial charge >= 0.3 is 5.97 Å². The van der Waals surface area contributed by atoms with E-state index in [9.17, 15) is 9.18 Å². The van der Waals surface area contributed by atoms with Crippen LogP contribution in [-0.4, -0.2) is 11.1 Å². The van der Waals surface area contributed by atoms with Gasteiger partial charge in [-0.3, -0.25) is 4.79 Å². The summed E-state index contributed by atoms with van der Waals surface area (Å²) >= 11 is 4.74. The summed E-state index contributed by atoms with van der Waals surface area (Å²) in [5.41, 5.74) is 0.801. The quantitative estimate of drug-likeness (QED) is 0.865. The van der Waals surface area contributed by atoms with Gasteiger partial charge < -0.3 is 10.4 Å². The number of nitrogens with one attached hydrogen (secondary N) is 1. The molecule has 0 atom stereocenters. The minimum absolute atomic E-state index is 0.0465. The molecule has 1 aromatic heterocycles. The van der Waals surface area contributed by atoms with E-state index in [-0.39, 0.29) is 12.2 Å². The number of hydrogen-bond donors (Lipinski definition) is 2. The molecule has 1 aromatic carbocycles. The second-order valence-electron chi connectivity index (χ2n) is 3.92. The number of carboxylic acid groups (broad SMARTS) is 1. The van der Waals surface area contributed by atoms with Gasteiger partial charge in [-0.1, -0.05) is 0 Å². The van der Waals surface area contributed by atoms with Gasteiger partial charge in [-0.2, -0.15) is 0 Å². The highest BCUT2D eigenvalue weighted by Crippen LogP contribution is 2.25. The molecule has 0 amide bonds. The predicted octanol–water partition coefficient (Wildman–Crippen LogP) is 3.89. The van der Waals surface area contributed by atoms with Crippen molar-refractivity contribution in [3.05, 3.63) is 50.4 Å². The smallest absolute Gasteiger partial charge is 0.308 e. The van der Waals surface area contributed by atoms with E-state index < -0.39 is 5.97 Å². The van der Waals surface area contributed by atoms with E-state index in [0.717, 1.165) is 15.4 Å². The number of aliphatic carboxylic acids is 1. The molecule has 6 heteroatoms. The maximum atomic E-state index is 12.9. The van der Waals surface area contributed by atoms with E-state index in [1.807, 2.05) is 12.1 Å². The zero-order valence-corrected chi connectivity index (χ0v) is 12.2. The Bertz CT molecular complexity index is 600. The van der Waals surface area contributed by atoms with Crippen LogP contribution in [0.15, 0.2) is 34.8 Å². The molecule has 0 aliphatic heterocycles. The number of benzene rings is 1. The lowest BCUT2D eigenvalue weighted by molar-refractivity contribution is -0.136. The van der Waals surface area contributed by atoms with Crippen molar-refractivity contribution in [1.29, 1.82) is 0 Å². The molecule has 1 heterocycles. The molecule has 0 radical (unpaired) electrons. The number of rotatable bonds is 5. The Balaban J connectivity index is 1.98. The van der Waals surface area contributed by atoms with Crippen molar-refractivity contribution in [2.75, 3.05) is 5.32 Å². The summed E-state index contributed by atoms with van der Waals surface area (Å²) in [7, 11) is 0. The predicted molar refractivity (Wildman–Crippen MR) is 77.1 cm³/mol. The fourth-order valence-corrected chi connectivity index (χ4v) is 3.02. The van der Waals surface area contributed by atoms with Gasteiger partial charge in [-0.05, 0) is 46.3 Å². The number of anilines is 1. The molecule has 0 saturated heterocycles. The fourth-order valence-electron chi connectivity index (χ4n) is 1.58. The molecule has 2 rings (SSSR count). The van der Waals surface area contributed by atoms with Gasteiger partial charge in [0, 0.05) is 26.5 Å². The molecule has 0 bridgehead atoms. The van der Waals surface area contributed by atoms with Crippen molar-refractivity contribution in [2.24, 2.45) is 0 Å². The Morgan fingerprint density at radius 2 is 2.05 bits per heavy atom. The molecule has 2 N–H and O–H groups in total. The van der Waals surface area contributed by atoms with E-state index in [0.29, 0.717) is 11.0 Å². The molecule has 0 fully saturated rings. The van der Waals surface area contributed by atoms with Gasteiger partial charge in [-0.25, -0.2) is 4.39 Å². The SMILES string of the molecule is O=C(O)Cc1ccc(CNc2ccc(F)cc2Br)s1. The van der Waals surface area contributed by atoms with Gasteiger partial charge in [-0.15, -0.1) is 11.3 Å². The minimum Gasteiger partial charge on any atom is -0.481 e. The van der Waals surface area contributed by atoms with Crippen LogP contribution in [0.25, 0.3) is 0 Å². The van der Waals surface area contributed by atoms with Crippen LogP contribution in [0.2, 0.25) is 0 Å². The Hall–Kier alpha value is -1.40. The first-order chi connectivity index (χ1) is 9.04. The van der Waals surface area contributed by atoms with Crippen LogP contribution in [0.3, 0.4) is 0 Å². The van der Waals surface area contributed by atoms with Crippen LogP contribution >= 0.6 is 27.3 Å².